The largest absolute Gasteiger partial charge is 0.492 e. The molecule has 0 radical (unpaired) electrons. The molecule has 84 valence electrons. The molecule has 3 heteroatoms. The highest BCUT2D eigenvalue weighted by molar-refractivity contribution is 5.96. The molecule has 0 fully saturated rings. The Labute approximate surface area is 94.4 Å². The van der Waals surface area contributed by atoms with Gasteiger partial charge in [-0.05, 0) is 32.0 Å². The van der Waals surface area contributed by atoms with Crippen LogP contribution in [0.5, 0.6) is 5.75 Å². The maximum absolute atomic E-state index is 12.9. The fraction of sp³-hybridized carbons (Fsp3) is 0.308. The smallest absolute Gasteiger partial charge is 0.163 e. The number of rotatable bonds is 4. The van der Waals surface area contributed by atoms with E-state index in [2.05, 4.69) is 11.8 Å². The molecule has 1 aromatic carbocycles. The number of hydrogen-bond acceptors (Lipinski definition) is 2. The second kappa shape index (κ2) is 5.92. The summed E-state index contributed by atoms with van der Waals surface area (Å²) in [6.45, 7) is 3.53. The van der Waals surface area contributed by atoms with Gasteiger partial charge in [0, 0.05) is 6.42 Å². The number of carbonyl (C=O) groups is 1. The van der Waals surface area contributed by atoms with E-state index in [9.17, 15) is 9.18 Å². The molecule has 0 spiro atoms. The van der Waals surface area contributed by atoms with Crippen molar-refractivity contribution in [2.45, 2.75) is 20.3 Å². The van der Waals surface area contributed by atoms with Crippen LogP contribution in [0.3, 0.4) is 0 Å². The van der Waals surface area contributed by atoms with Crippen LogP contribution in [-0.2, 0) is 0 Å². The molecule has 2 nitrogen and oxygen atoms in total. The van der Waals surface area contributed by atoms with Gasteiger partial charge in [0.1, 0.15) is 11.6 Å². The summed E-state index contributed by atoms with van der Waals surface area (Å²) in [5, 5.41) is 0. The van der Waals surface area contributed by atoms with Crippen LogP contribution in [0.4, 0.5) is 4.39 Å². The van der Waals surface area contributed by atoms with Crippen LogP contribution < -0.4 is 4.74 Å². The van der Waals surface area contributed by atoms with Gasteiger partial charge in [0.15, 0.2) is 5.78 Å². The minimum atomic E-state index is -0.439. The van der Waals surface area contributed by atoms with Crippen LogP contribution in [0.15, 0.2) is 18.2 Å². The molecular formula is C13H13FO2. The average Bonchev–Trinajstić information content (AvgIpc) is 2.26. The number of ketones is 1. The van der Waals surface area contributed by atoms with Crippen LogP contribution >= 0.6 is 0 Å². The van der Waals surface area contributed by atoms with E-state index >= 15 is 0 Å². The third-order valence-corrected chi connectivity index (χ3v) is 1.98. The first-order chi connectivity index (χ1) is 7.65. The van der Waals surface area contributed by atoms with Crippen molar-refractivity contribution in [1.82, 2.24) is 0 Å². The summed E-state index contributed by atoms with van der Waals surface area (Å²) in [5.74, 6) is 5.35. The zero-order valence-electron chi connectivity index (χ0n) is 9.34. The summed E-state index contributed by atoms with van der Waals surface area (Å²) < 4.78 is 18.3. The van der Waals surface area contributed by atoms with Gasteiger partial charge in [-0.2, -0.15) is 0 Å². The molecule has 0 aromatic heterocycles. The summed E-state index contributed by atoms with van der Waals surface area (Å²) in [6, 6.07) is 3.92. The lowest BCUT2D eigenvalue weighted by molar-refractivity contribution is 0.101. The maximum atomic E-state index is 12.9. The third kappa shape index (κ3) is 3.39. The van der Waals surface area contributed by atoms with Crippen molar-refractivity contribution in [3.05, 3.63) is 29.6 Å². The zero-order valence-corrected chi connectivity index (χ0v) is 9.34. The Kier molecular flexibility index (Phi) is 4.53. The molecule has 0 atom stereocenters. The van der Waals surface area contributed by atoms with Gasteiger partial charge in [0.25, 0.3) is 0 Å². The van der Waals surface area contributed by atoms with Gasteiger partial charge in [0.05, 0.1) is 12.2 Å². The minimum absolute atomic E-state index is 0.212. The highest BCUT2D eigenvalue weighted by Gasteiger charge is 2.09. The van der Waals surface area contributed by atoms with Gasteiger partial charge >= 0.3 is 0 Å². The molecule has 0 heterocycles. The summed E-state index contributed by atoms with van der Waals surface area (Å²) in [7, 11) is 0. The van der Waals surface area contributed by atoms with Gasteiger partial charge in [-0.15, -0.1) is 11.8 Å². The molecule has 0 unspecified atom stereocenters. The van der Waals surface area contributed by atoms with E-state index in [1.807, 2.05) is 0 Å². The second-order valence-corrected chi connectivity index (χ2v) is 3.22. The molecule has 16 heavy (non-hydrogen) atoms. The van der Waals surface area contributed by atoms with E-state index in [-0.39, 0.29) is 11.3 Å². The van der Waals surface area contributed by atoms with Gasteiger partial charge in [0.2, 0.25) is 0 Å². The summed E-state index contributed by atoms with van der Waals surface area (Å²) in [6.07, 6.45) is 0.589. The van der Waals surface area contributed by atoms with Crippen LogP contribution in [0.2, 0.25) is 0 Å². The number of ether oxygens (including phenoxy) is 1. The molecule has 0 saturated carbocycles. The van der Waals surface area contributed by atoms with E-state index in [0.717, 1.165) is 0 Å². The van der Waals surface area contributed by atoms with Crippen LogP contribution in [0.1, 0.15) is 30.6 Å². The van der Waals surface area contributed by atoms with Crippen molar-refractivity contribution < 1.29 is 13.9 Å². The van der Waals surface area contributed by atoms with Gasteiger partial charge < -0.3 is 4.74 Å². The quantitative estimate of drug-likeness (QED) is 0.443. The average molecular weight is 220 g/mol. The Bertz CT molecular complexity index is 441. The summed E-state index contributed by atoms with van der Waals surface area (Å²) >= 11 is 0. The molecule has 0 aliphatic rings. The first-order valence-electron chi connectivity index (χ1n) is 4.98. The predicted molar refractivity (Wildman–Crippen MR) is 60.0 cm³/mol. The first-order valence-corrected chi connectivity index (χ1v) is 4.98. The van der Waals surface area contributed by atoms with Crippen LogP contribution in [-0.4, -0.2) is 12.4 Å². The van der Waals surface area contributed by atoms with E-state index in [0.29, 0.717) is 18.8 Å². The van der Waals surface area contributed by atoms with Crippen molar-refractivity contribution in [3.8, 4) is 17.6 Å². The standard InChI is InChI=1S/C13H13FO2/c1-3-4-5-8-16-13-7-6-11(14)9-12(13)10(2)15/h6-7,9H,5,8H2,1-2H3. The normalized spacial score (nSPS) is 9.19. The molecule has 0 saturated heterocycles. The molecular weight excluding hydrogens is 207 g/mol. The van der Waals surface area contributed by atoms with Crippen molar-refractivity contribution >= 4 is 5.78 Å². The van der Waals surface area contributed by atoms with Gasteiger partial charge in [-0.3, -0.25) is 4.79 Å². The van der Waals surface area contributed by atoms with E-state index in [1.165, 1.54) is 25.1 Å². The van der Waals surface area contributed by atoms with Crippen LogP contribution in [0.25, 0.3) is 0 Å². The highest BCUT2D eigenvalue weighted by atomic mass is 19.1. The zero-order chi connectivity index (χ0) is 12.0. The molecule has 0 N–H and O–H groups in total. The topological polar surface area (TPSA) is 26.3 Å². The minimum Gasteiger partial charge on any atom is -0.492 e. The number of carbonyl (C=O) groups excluding carboxylic acids is 1. The molecule has 0 aliphatic heterocycles. The lowest BCUT2D eigenvalue weighted by Gasteiger charge is -2.08. The Morgan fingerprint density at radius 2 is 2.25 bits per heavy atom. The fourth-order valence-corrected chi connectivity index (χ4v) is 1.24. The SMILES string of the molecule is CC#CCCOc1ccc(F)cc1C(C)=O. The van der Waals surface area contributed by atoms with Crippen LogP contribution in [0, 0.1) is 17.7 Å². The Morgan fingerprint density at radius 1 is 1.50 bits per heavy atom. The predicted octanol–water partition coefficient (Wildman–Crippen LogP) is 2.82. The molecule has 1 rings (SSSR count). The molecule has 0 aliphatic carbocycles. The van der Waals surface area contributed by atoms with E-state index < -0.39 is 5.82 Å². The lowest BCUT2D eigenvalue weighted by atomic mass is 10.1. The Hall–Kier alpha value is -1.82. The summed E-state index contributed by atoms with van der Waals surface area (Å²) in [4.78, 5) is 11.2. The summed E-state index contributed by atoms with van der Waals surface area (Å²) in [5.41, 5.74) is 0.268. The first kappa shape index (κ1) is 12.3. The van der Waals surface area contributed by atoms with Crippen molar-refractivity contribution in [2.75, 3.05) is 6.61 Å². The van der Waals surface area contributed by atoms with Gasteiger partial charge in [-0.25, -0.2) is 4.39 Å². The maximum Gasteiger partial charge on any atom is 0.163 e. The van der Waals surface area contributed by atoms with Gasteiger partial charge in [-0.1, -0.05) is 0 Å². The number of benzene rings is 1. The monoisotopic (exact) mass is 220 g/mol. The van der Waals surface area contributed by atoms with Crippen molar-refractivity contribution in [2.24, 2.45) is 0 Å². The van der Waals surface area contributed by atoms with Crippen molar-refractivity contribution in [1.29, 1.82) is 0 Å². The van der Waals surface area contributed by atoms with E-state index in [1.54, 1.807) is 6.92 Å². The lowest BCUT2D eigenvalue weighted by Crippen LogP contribution is -2.03. The number of halogens is 1. The molecule has 0 bridgehead atoms. The van der Waals surface area contributed by atoms with Crippen molar-refractivity contribution in [3.63, 3.8) is 0 Å². The Morgan fingerprint density at radius 3 is 2.88 bits per heavy atom. The highest BCUT2D eigenvalue weighted by Crippen LogP contribution is 2.20. The third-order valence-electron chi connectivity index (χ3n) is 1.98. The number of Topliss-reactive ketones (excluding diaryl/α,β-unsaturated/α-hetero) is 1. The fourth-order valence-electron chi connectivity index (χ4n) is 1.24. The molecule has 0 amide bonds. The molecule has 1 aromatic rings. The number of hydrogen-bond donors (Lipinski definition) is 0. The Balaban J connectivity index is 2.77. The van der Waals surface area contributed by atoms with E-state index in [4.69, 9.17) is 4.74 Å². The second-order valence-electron chi connectivity index (χ2n) is 3.22.